The molecule has 3 nitrogen and oxygen atoms in total. The normalized spacial score (nSPS) is 19.1. The first-order valence-corrected chi connectivity index (χ1v) is 5.51. The van der Waals surface area contributed by atoms with Crippen LogP contribution in [-0.2, 0) is 4.79 Å². The van der Waals surface area contributed by atoms with Gasteiger partial charge in [0, 0.05) is 25.9 Å². The molecule has 0 aliphatic carbocycles. The second-order valence-electron chi connectivity index (χ2n) is 4.02. The van der Waals surface area contributed by atoms with E-state index in [1.165, 1.54) is 0 Å². The van der Waals surface area contributed by atoms with Crippen molar-refractivity contribution >= 4 is 5.78 Å². The molecule has 1 aliphatic rings. The Morgan fingerprint density at radius 2 is 1.81 bits per heavy atom. The van der Waals surface area contributed by atoms with Gasteiger partial charge in [0.05, 0.1) is 6.07 Å². The number of benzene rings is 1. The molecule has 1 fully saturated rings. The van der Waals surface area contributed by atoms with Crippen molar-refractivity contribution in [2.75, 3.05) is 13.1 Å². The summed E-state index contributed by atoms with van der Waals surface area (Å²) in [7, 11) is 0. The number of nitrogens with zero attached hydrogens (tertiary/aromatic N) is 2. The molecule has 3 heteroatoms. The van der Waals surface area contributed by atoms with Crippen LogP contribution in [0.3, 0.4) is 0 Å². The van der Waals surface area contributed by atoms with Gasteiger partial charge in [-0.05, 0) is 5.56 Å². The molecular formula is C13H14N2O. The Hall–Kier alpha value is -1.66. The van der Waals surface area contributed by atoms with Crippen molar-refractivity contribution in [2.24, 2.45) is 0 Å². The average molecular weight is 214 g/mol. The van der Waals surface area contributed by atoms with Crippen LogP contribution in [0.25, 0.3) is 0 Å². The van der Waals surface area contributed by atoms with E-state index in [1.807, 2.05) is 30.3 Å². The van der Waals surface area contributed by atoms with E-state index in [-0.39, 0.29) is 6.04 Å². The van der Waals surface area contributed by atoms with Gasteiger partial charge in [0.25, 0.3) is 0 Å². The highest BCUT2D eigenvalue weighted by molar-refractivity contribution is 5.79. The van der Waals surface area contributed by atoms with E-state index < -0.39 is 0 Å². The van der Waals surface area contributed by atoms with Crippen molar-refractivity contribution in [1.29, 1.82) is 5.26 Å². The minimum Gasteiger partial charge on any atom is -0.300 e. The van der Waals surface area contributed by atoms with Gasteiger partial charge >= 0.3 is 0 Å². The lowest BCUT2D eigenvalue weighted by molar-refractivity contribution is -0.121. The van der Waals surface area contributed by atoms with Crippen LogP contribution in [0, 0.1) is 11.3 Å². The van der Waals surface area contributed by atoms with Crippen molar-refractivity contribution in [3.05, 3.63) is 35.9 Å². The second-order valence-corrected chi connectivity index (χ2v) is 4.02. The zero-order valence-corrected chi connectivity index (χ0v) is 9.10. The highest BCUT2D eigenvalue weighted by Gasteiger charge is 2.24. The maximum Gasteiger partial charge on any atom is 0.135 e. The molecular weight excluding hydrogens is 200 g/mol. The number of carbonyl (C=O) groups excluding carboxylic acids is 1. The first-order chi connectivity index (χ1) is 7.81. The lowest BCUT2D eigenvalue weighted by atomic mass is 10.0. The topological polar surface area (TPSA) is 44.1 Å². The molecule has 2 rings (SSSR count). The number of ketones is 1. The Morgan fingerprint density at radius 3 is 2.38 bits per heavy atom. The van der Waals surface area contributed by atoms with E-state index in [2.05, 4.69) is 11.0 Å². The predicted molar refractivity (Wildman–Crippen MR) is 60.6 cm³/mol. The molecule has 0 radical (unpaired) electrons. The van der Waals surface area contributed by atoms with Gasteiger partial charge in [-0.15, -0.1) is 0 Å². The largest absolute Gasteiger partial charge is 0.300 e. The maximum absolute atomic E-state index is 11.1. The zero-order chi connectivity index (χ0) is 11.4. The number of nitriles is 1. The lowest BCUT2D eigenvalue weighted by Crippen LogP contribution is -2.36. The van der Waals surface area contributed by atoms with Crippen LogP contribution in [0.4, 0.5) is 0 Å². The van der Waals surface area contributed by atoms with Crippen LogP contribution in [-0.4, -0.2) is 23.8 Å². The van der Waals surface area contributed by atoms with Gasteiger partial charge in [-0.3, -0.25) is 9.69 Å². The summed E-state index contributed by atoms with van der Waals surface area (Å²) >= 11 is 0. The molecule has 1 atom stereocenters. The Morgan fingerprint density at radius 1 is 1.19 bits per heavy atom. The zero-order valence-electron chi connectivity index (χ0n) is 9.10. The molecule has 1 saturated heterocycles. The number of carbonyl (C=O) groups is 1. The monoisotopic (exact) mass is 214 g/mol. The first kappa shape index (κ1) is 10.8. The number of hydrogen-bond donors (Lipinski definition) is 0. The second kappa shape index (κ2) is 4.91. The number of likely N-dealkylation sites (tertiary alicyclic amines) is 1. The van der Waals surface area contributed by atoms with Crippen molar-refractivity contribution in [2.45, 2.75) is 18.9 Å². The molecule has 1 aromatic carbocycles. The summed E-state index contributed by atoms with van der Waals surface area (Å²) in [4.78, 5) is 13.2. The summed E-state index contributed by atoms with van der Waals surface area (Å²) in [5.41, 5.74) is 1.01. The van der Waals surface area contributed by atoms with Gasteiger partial charge < -0.3 is 0 Å². The third-order valence-electron chi connectivity index (χ3n) is 2.96. The molecule has 0 saturated carbocycles. The first-order valence-electron chi connectivity index (χ1n) is 5.51. The molecule has 0 N–H and O–H groups in total. The molecule has 0 spiro atoms. The molecule has 16 heavy (non-hydrogen) atoms. The van der Waals surface area contributed by atoms with Gasteiger partial charge in [0.1, 0.15) is 11.8 Å². The predicted octanol–water partition coefficient (Wildman–Crippen LogP) is 1.92. The van der Waals surface area contributed by atoms with Gasteiger partial charge in [-0.2, -0.15) is 5.26 Å². The standard InChI is InChI=1S/C13H14N2O/c14-10-13(11-4-2-1-3-5-11)15-8-6-12(16)7-9-15/h1-5,13H,6-9H2. The van der Waals surface area contributed by atoms with Crippen molar-refractivity contribution in [3.63, 3.8) is 0 Å². The fourth-order valence-corrected chi connectivity index (χ4v) is 2.03. The Balaban J connectivity index is 2.12. The van der Waals surface area contributed by atoms with Crippen LogP contribution in [0.1, 0.15) is 24.4 Å². The third kappa shape index (κ3) is 2.29. The van der Waals surface area contributed by atoms with E-state index in [0.29, 0.717) is 31.7 Å². The van der Waals surface area contributed by atoms with E-state index >= 15 is 0 Å². The van der Waals surface area contributed by atoms with Crippen LogP contribution in [0.15, 0.2) is 30.3 Å². The van der Waals surface area contributed by atoms with E-state index in [4.69, 9.17) is 0 Å². The van der Waals surface area contributed by atoms with E-state index in [9.17, 15) is 10.1 Å². The molecule has 0 bridgehead atoms. The quantitative estimate of drug-likeness (QED) is 0.755. The highest BCUT2D eigenvalue weighted by Crippen LogP contribution is 2.22. The summed E-state index contributed by atoms with van der Waals surface area (Å²) in [6, 6.07) is 11.8. The maximum atomic E-state index is 11.1. The molecule has 1 unspecified atom stereocenters. The summed E-state index contributed by atoms with van der Waals surface area (Å²) in [6.45, 7) is 1.40. The summed E-state index contributed by atoms with van der Waals surface area (Å²) < 4.78 is 0. The Labute approximate surface area is 95.3 Å². The minimum absolute atomic E-state index is 0.214. The number of piperidine rings is 1. The van der Waals surface area contributed by atoms with Crippen molar-refractivity contribution < 1.29 is 4.79 Å². The number of hydrogen-bond acceptors (Lipinski definition) is 3. The number of rotatable bonds is 2. The SMILES string of the molecule is N#CC(c1ccccc1)N1CCC(=O)CC1. The molecule has 82 valence electrons. The van der Waals surface area contributed by atoms with E-state index in [1.54, 1.807) is 0 Å². The van der Waals surface area contributed by atoms with Crippen LogP contribution in [0.2, 0.25) is 0 Å². The summed E-state index contributed by atoms with van der Waals surface area (Å²) in [5.74, 6) is 0.306. The van der Waals surface area contributed by atoms with Gasteiger partial charge in [-0.25, -0.2) is 0 Å². The van der Waals surface area contributed by atoms with E-state index in [0.717, 1.165) is 5.56 Å². The lowest BCUT2D eigenvalue weighted by Gasteiger charge is -2.30. The third-order valence-corrected chi connectivity index (χ3v) is 2.96. The van der Waals surface area contributed by atoms with Crippen LogP contribution >= 0.6 is 0 Å². The fourth-order valence-electron chi connectivity index (χ4n) is 2.03. The molecule has 1 aliphatic heterocycles. The Kier molecular flexibility index (Phi) is 3.33. The smallest absolute Gasteiger partial charge is 0.135 e. The Bertz CT molecular complexity index is 398. The van der Waals surface area contributed by atoms with Crippen LogP contribution < -0.4 is 0 Å². The van der Waals surface area contributed by atoms with Crippen LogP contribution in [0.5, 0.6) is 0 Å². The average Bonchev–Trinajstić information content (AvgIpc) is 2.34. The summed E-state index contributed by atoms with van der Waals surface area (Å²) in [6.07, 6.45) is 1.15. The fraction of sp³-hybridized carbons (Fsp3) is 0.385. The van der Waals surface area contributed by atoms with Gasteiger partial charge in [-0.1, -0.05) is 30.3 Å². The highest BCUT2D eigenvalue weighted by atomic mass is 16.1. The number of Topliss-reactive ketones (excluding diaryl/α,β-unsaturated/α-hetero) is 1. The molecule has 0 amide bonds. The van der Waals surface area contributed by atoms with Crippen molar-refractivity contribution in [3.8, 4) is 6.07 Å². The molecule has 0 aromatic heterocycles. The van der Waals surface area contributed by atoms with Gasteiger partial charge in [0.15, 0.2) is 0 Å². The summed E-state index contributed by atoms with van der Waals surface area (Å²) in [5, 5.41) is 9.22. The minimum atomic E-state index is -0.214. The van der Waals surface area contributed by atoms with Crippen molar-refractivity contribution in [1.82, 2.24) is 4.90 Å². The van der Waals surface area contributed by atoms with Gasteiger partial charge in [0.2, 0.25) is 0 Å². The molecule has 1 heterocycles. The molecule has 1 aromatic rings.